The van der Waals surface area contributed by atoms with Gasteiger partial charge >= 0.3 is 12.0 Å². The number of carbonyl (C=O) groups is 2. The molecule has 0 spiro atoms. The molecule has 0 aliphatic carbocycles. The number of aliphatic carboxylic acids is 1. The number of pyridine rings is 1. The summed E-state index contributed by atoms with van der Waals surface area (Å²) < 4.78 is 60.8. The Morgan fingerprint density at radius 3 is 2.42 bits per heavy atom. The van der Waals surface area contributed by atoms with E-state index >= 15 is 13.2 Å². The highest BCUT2D eigenvalue weighted by Gasteiger charge is 2.38. The molecule has 9 nitrogen and oxygen atoms in total. The van der Waals surface area contributed by atoms with E-state index < -0.39 is 41.0 Å². The van der Waals surface area contributed by atoms with Crippen LogP contribution >= 0.6 is 0 Å². The van der Waals surface area contributed by atoms with E-state index in [0.29, 0.717) is 24.4 Å². The van der Waals surface area contributed by atoms with Crippen LogP contribution in [0.1, 0.15) is 25.3 Å². The zero-order chi connectivity index (χ0) is 29.0. The summed E-state index contributed by atoms with van der Waals surface area (Å²) in [6.45, 7) is 2.59. The number of carboxylic acid groups (broad SMARTS) is 1. The van der Waals surface area contributed by atoms with Gasteiger partial charge in [-0.05, 0) is 50.2 Å². The van der Waals surface area contributed by atoms with E-state index in [2.05, 4.69) is 15.6 Å². The third kappa shape index (κ3) is 5.67. The number of anilines is 4. The Kier molecular flexibility index (Phi) is 8.49. The number of rotatable bonds is 10. The normalized spacial score (nSPS) is 12.4. The molecule has 1 aliphatic heterocycles. The van der Waals surface area contributed by atoms with Gasteiger partial charge in [0.25, 0.3) is 0 Å². The topological polar surface area (TPSA) is 122 Å². The molecule has 0 saturated carbocycles. The van der Waals surface area contributed by atoms with Gasteiger partial charge in [-0.15, -0.1) is 0 Å². The van der Waals surface area contributed by atoms with Crippen LogP contribution in [0.3, 0.4) is 0 Å². The second-order valence-corrected chi connectivity index (χ2v) is 8.81. The zero-order valence-corrected chi connectivity index (χ0v) is 21.3. The van der Waals surface area contributed by atoms with E-state index in [1.165, 1.54) is 0 Å². The number of carbonyl (C=O) groups excluding carboxylic acids is 1. The van der Waals surface area contributed by atoms with Crippen molar-refractivity contribution < 1.29 is 32.3 Å². The zero-order valence-electron chi connectivity index (χ0n) is 21.3. The fraction of sp³-hybridized carbons (Fsp3) is 0.259. The van der Waals surface area contributed by atoms with Gasteiger partial charge in [0, 0.05) is 42.9 Å². The molecule has 3 aromatic rings. The van der Waals surface area contributed by atoms with E-state index in [1.807, 2.05) is 0 Å². The van der Waals surface area contributed by atoms with Gasteiger partial charge in [0.2, 0.25) is 0 Å². The molecule has 13 heteroatoms. The summed E-state index contributed by atoms with van der Waals surface area (Å²) in [5.41, 5.74) is -1.80. The van der Waals surface area contributed by atoms with E-state index in [-0.39, 0.29) is 53.4 Å². The minimum Gasteiger partial charge on any atom is -0.481 e. The second-order valence-electron chi connectivity index (χ2n) is 8.81. The Hall–Kier alpha value is -4.70. The number of aromatic nitrogens is 1. The fourth-order valence-electron chi connectivity index (χ4n) is 4.41. The van der Waals surface area contributed by atoms with Crippen LogP contribution in [-0.4, -0.2) is 48.3 Å². The van der Waals surface area contributed by atoms with E-state index in [9.17, 15) is 19.2 Å². The Labute approximate surface area is 226 Å². The molecule has 0 bridgehead atoms. The molecule has 2 amide bonds. The average molecular weight is 557 g/mol. The van der Waals surface area contributed by atoms with Crippen LogP contribution in [0.4, 0.5) is 45.2 Å². The van der Waals surface area contributed by atoms with E-state index in [0.717, 1.165) is 41.4 Å². The standard InChI is InChI=1S/C27H24F4N6O3/c1-2-36-26-18(10-16(28)14-35-26)24-19(29)8-15(13-32)9-22(24)37(27(36)40)25-20(30)11-17(12-21(25)31)34-7-6-33-5-3-4-23(38)39/h8-12,14,33-34H,2-7H2,1H3,(H,38,39). The number of nitrogens with zero attached hydrogens (tertiary/aromatic N) is 4. The van der Waals surface area contributed by atoms with Gasteiger partial charge in [-0.25, -0.2) is 27.3 Å². The van der Waals surface area contributed by atoms with Gasteiger partial charge in [-0.1, -0.05) is 0 Å². The third-order valence-corrected chi connectivity index (χ3v) is 6.15. The highest BCUT2D eigenvalue weighted by atomic mass is 19.1. The van der Waals surface area contributed by atoms with Crippen molar-refractivity contribution in [3.05, 3.63) is 65.4 Å². The van der Waals surface area contributed by atoms with Crippen molar-refractivity contribution in [2.24, 2.45) is 0 Å². The molecule has 3 N–H and O–H groups in total. The summed E-state index contributed by atoms with van der Waals surface area (Å²) in [7, 11) is 0. The Morgan fingerprint density at radius 2 is 1.77 bits per heavy atom. The van der Waals surface area contributed by atoms with Crippen LogP contribution < -0.4 is 20.4 Å². The lowest BCUT2D eigenvalue weighted by Crippen LogP contribution is -2.41. The lowest BCUT2D eigenvalue weighted by molar-refractivity contribution is -0.137. The summed E-state index contributed by atoms with van der Waals surface area (Å²) in [5, 5.41) is 23.9. The van der Waals surface area contributed by atoms with Crippen molar-refractivity contribution in [2.45, 2.75) is 19.8 Å². The van der Waals surface area contributed by atoms with Crippen LogP contribution in [-0.2, 0) is 4.79 Å². The fourth-order valence-corrected chi connectivity index (χ4v) is 4.41. The molecule has 0 fully saturated rings. The molecule has 40 heavy (non-hydrogen) atoms. The SMILES string of the molecule is CCN1C(=O)N(c2c(F)cc(NCCNCCCC(=O)O)cc2F)c2cc(C#N)cc(F)c2-c2cc(F)cnc21. The van der Waals surface area contributed by atoms with Crippen LogP contribution in [0, 0.1) is 34.6 Å². The average Bonchev–Trinajstić information content (AvgIpc) is 2.99. The van der Waals surface area contributed by atoms with Gasteiger partial charge < -0.3 is 15.7 Å². The number of urea groups is 1. The third-order valence-electron chi connectivity index (χ3n) is 6.15. The molecule has 1 aromatic heterocycles. The molecule has 1 aliphatic rings. The number of hydrogen-bond donors (Lipinski definition) is 3. The maximum absolute atomic E-state index is 15.6. The number of halogens is 4. The Balaban J connectivity index is 1.73. The highest BCUT2D eigenvalue weighted by molar-refractivity contribution is 6.15. The van der Waals surface area contributed by atoms with Gasteiger partial charge in [0.1, 0.15) is 23.1 Å². The number of benzene rings is 2. The Morgan fingerprint density at radius 1 is 1.05 bits per heavy atom. The first kappa shape index (κ1) is 28.3. The molecular formula is C27H24F4N6O3. The monoisotopic (exact) mass is 556 g/mol. The summed E-state index contributed by atoms with van der Waals surface area (Å²) in [6, 6.07) is 5.65. The smallest absolute Gasteiger partial charge is 0.334 e. The summed E-state index contributed by atoms with van der Waals surface area (Å²) in [4.78, 5) is 29.9. The van der Waals surface area contributed by atoms with Crippen molar-refractivity contribution in [1.29, 1.82) is 5.26 Å². The van der Waals surface area contributed by atoms with Crippen LogP contribution in [0.15, 0.2) is 36.5 Å². The molecule has 4 rings (SSSR count). The van der Waals surface area contributed by atoms with Crippen molar-refractivity contribution in [3.8, 4) is 17.2 Å². The molecule has 0 radical (unpaired) electrons. The predicted octanol–water partition coefficient (Wildman–Crippen LogP) is 5.14. The predicted molar refractivity (Wildman–Crippen MR) is 139 cm³/mol. The van der Waals surface area contributed by atoms with Gasteiger partial charge in [0.15, 0.2) is 11.6 Å². The van der Waals surface area contributed by atoms with Crippen molar-refractivity contribution in [3.63, 3.8) is 0 Å². The minimum atomic E-state index is -1.15. The molecular weight excluding hydrogens is 532 g/mol. The van der Waals surface area contributed by atoms with Crippen LogP contribution in [0.2, 0.25) is 0 Å². The summed E-state index contributed by atoms with van der Waals surface area (Å²) in [6.07, 6.45) is 1.28. The van der Waals surface area contributed by atoms with E-state index in [1.54, 1.807) is 13.0 Å². The first-order valence-electron chi connectivity index (χ1n) is 12.3. The number of nitriles is 1. The maximum atomic E-state index is 15.6. The number of carboxylic acids is 1. The number of fused-ring (bicyclic) bond motifs is 3. The van der Waals surface area contributed by atoms with Crippen molar-refractivity contribution in [2.75, 3.05) is 41.3 Å². The molecule has 2 heterocycles. The molecule has 0 unspecified atom stereocenters. The summed E-state index contributed by atoms with van der Waals surface area (Å²) >= 11 is 0. The van der Waals surface area contributed by atoms with Gasteiger partial charge in [0.05, 0.1) is 23.5 Å². The molecule has 2 aromatic carbocycles. The van der Waals surface area contributed by atoms with Crippen molar-refractivity contribution in [1.82, 2.24) is 10.3 Å². The van der Waals surface area contributed by atoms with Crippen LogP contribution in [0.25, 0.3) is 11.1 Å². The molecule has 0 atom stereocenters. The number of hydrogen-bond acceptors (Lipinski definition) is 6. The second kappa shape index (κ2) is 12.0. The minimum absolute atomic E-state index is 0.0158. The lowest BCUT2D eigenvalue weighted by Gasteiger charge is -2.28. The summed E-state index contributed by atoms with van der Waals surface area (Å²) in [5.74, 6) is -5.16. The number of amides is 2. The molecule has 0 saturated heterocycles. The van der Waals surface area contributed by atoms with Crippen LogP contribution in [0.5, 0.6) is 0 Å². The van der Waals surface area contributed by atoms with Crippen molar-refractivity contribution >= 4 is 34.9 Å². The molecule has 208 valence electrons. The van der Waals surface area contributed by atoms with E-state index in [4.69, 9.17) is 5.11 Å². The quantitative estimate of drug-likeness (QED) is 0.234. The largest absolute Gasteiger partial charge is 0.481 e. The Bertz CT molecular complexity index is 1490. The lowest BCUT2D eigenvalue weighted by atomic mass is 10.00. The number of nitrogens with one attached hydrogen (secondary N) is 2. The van der Waals surface area contributed by atoms with Gasteiger partial charge in [-0.3, -0.25) is 14.6 Å². The maximum Gasteiger partial charge on any atom is 0.334 e. The first-order valence-corrected chi connectivity index (χ1v) is 12.3. The first-order chi connectivity index (χ1) is 19.2. The van der Waals surface area contributed by atoms with Gasteiger partial charge in [-0.2, -0.15) is 5.26 Å². The highest BCUT2D eigenvalue weighted by Crippen LogP contribution is 2.46.